The van der Waals surface area contributed by atoms with Gasteiger partial charge in [-0.25, -0.2) is 0 Å². The van der Waals surface area contributed by atoms with Crippen molar-refractivity contribution in [3.63, 3.8) is 0 Å². The van der Waals surface area contributed by atoms with Crippen LogP contribution in [0, 0.1) is 6.92 Å². The van der Waals surface area contributed by atoms with Crippen LogP contribution in [0.4, 0.5) is 0 Å². The number of hydrogen-bond donors (Lipinski definition) is 2. The van der Waals surface area contributed by atoms with Gasteiger partial charge in [0.05, 0.1) is 6.04 Å². The molecule has 1 atom stereocenters. The standard InChI is InChI=1S/C15H16BrClN2/c1-10-5-4-7-12(15(10)16)14(19-18)9-11-6-2-3-8-13(11)17/h2-8,14,19H,9,18H2,1H3. The highest BCUT2D eigenvalue weighted by molar-refractivity contribution is 9.10. The summed E-state index contributed by atoms with van der Waals surface area (Å²) in [6.45, 7) is 2.07. The smallest absolute Gasteiger partial charge is 0.0512 e. The number of aryl methyl sites for hydroxylation is 1. The van der Waals surface area contributed by atoms with Crippen LogP contribution in [0.15, 0.2) is 46.9 Å². The maximum absolute atomic E-state index is 6.20. The van der Waals surface area contributed by atoms with Gasteiger partial charge < -0.3 is 0 Å². The summed E-state index contributed by atoms with van der Waals surface area (Å²) in [5.74, 6) is 5.71. The summed E-state index contributed by atoms with van der Waals surface area (Å²) >= 11 is 9.83. The van der Waals surface area contributed by atoms with E-state index in [-0.39, 0.29) is 6.04 Å². The summed E-state index contributed by atoms with van der Waals surface area (Å²) in [5.41, 5.74) is 6.29. The van der Waals surface area contributed by atoms with E-state index in [1.54, 1.807) is 0 Å². The lowest BCUT2D eigenvalue weighted by Gasteiger charge is -2.19. The van der Waals surface area contributed by atoms with Crippen LogP contribution in [0.25, 0.3) is 0 Å². The molecule has 3 N–H and O–H groups in total. The Hall–Kier alpha value is -0.870. The molecule has 0 saturated carbocycles. The van der Waals surface area contributed by atoms with Crippen LogP contribution in [0.1, 0.15) is 22.7 Å². The number of benzene rings is 2. The number of nitrogens with one attached hydrogen (secondary N) is 1. The van der Waals surface area contributed by atoms with Crippen molar-refractivity contribution in [1.82, 2.24) is 5.43 Å². The van der Waals surface area contributed by atoms with Crippen molar-refractivity contribution in [3.05, 3.63) is 68.7 Å². The Morgan fingerprint density at radius 1 is 1.21 bits per heavy atom. The first kappa shape index (κ1) is 14.5. The Balaban J connectivity index is 2.31. The highest BCUT2D eigenvalue weighted by Gasteiger charge is 2.15. The fraction of sp³-hybridized carbons (Fsp3) is 0.200. The van der Waals surface area contributed by atoms with Crippen LogP contribution in [-0.2, 0) is 6.42 Å². The minimum absolute atomic E-state index is 0.0224. The molecule has 2 aromatic carbocycles. The minimum atomic E-state index is 0.0224. The second-order valence-electron chi connectivity index (χ2n) is 4.49. The molecule has 0 saturated heterocycles. The molecule has 2 nitrogen and oxygen atoms in total. The van der Waals surface area contributed by atoms with E-state index in [0.29, 0.717) is 0 Å². The quantitative estimate of drug-likeness (QED) is 0.648. The first-order valence-corrected chi connectivity index (χ1v) is 7.25. The molecule has 0 aliphatic rings. The third-order valence-electron chi connectivity index (χ3n) is 3.18. The first-order valence-electron chi connectivity index (χ1n) is 6.08. The molecule has 0 amide bonds. The van der Waals surface area contributed by atoms with Crippen molar-refractivity contribution in [2.75, 3.05) is 0 Å². The molecule has 2 rings (SSSR count). The van der Waals surface area contributed by atoms with Gasteiger partial charge in [-0.05, 0) is 36.1 Å². The van der Waals surface area contributed by atoms with Gasteiger partial charge in [-0.2, -0.15) is 0 Å². The predicted molar refractivity (Wildman–Crippen MR) is 84.1 cm³/mol. The second kappa shape index (κ2) is 6.53. The van der Waals surface area contributed by atoms with Crippen LogP contribution in [0.5, 0.6) is 0 Å². The zero-order valence-corrected chi connectivity index (χ0v) is 13.0. The number of rotatable bonds is 4. The zero-order chi connectivity index (χ0) is 13.8. The number of halogens is 2. The molecule has 0 fully saturated rings. The molecular formula is C15H16BrClN2. The molecule has 2 aromatic rings. The Morgan fingerprint density at radius 2 is 1.95 bits per heavy atom. The van der Waals surface area contributed by atoms with Crippen molar-refractivity contribution < 1.29 is 0 Å². The first-order chi connectivity index (χ1) is 9.13. The van der Waals surface area contributed by atoms with Crippen molar-refractivity contribution in [1.29, 1.82) is 0 Å². The number of hydrogen-bond acceptors (Lipinski definition) is 2. The molecule has 0 aliphatic carbocycles. The minimum Gasteiger partial charge on any atom is -0.271 e. The molecule has 0 aromatic heterocycles. The lowest BCUT2D eigenvalue weighted by Crippen LogP contribution is -2.30. The lowest BCUT2D eigenvalue weighted by atomic mass is 9.98. The van der Waals surface area contributed by atoms with Gasteiger partial charge in [0.1, 0.15) is 0 Å². The van der Waals surface area contributed by atoms with Gasteiger partial charge in [-0.3, -0.25) is 11.3 Å². The molecule has 0 bridgehead atoms. The third-order valence-corrected chi connectivity index (χ3v) is 4.63. The summed E-state index contributed by atoms with van der Waals surface area (Å²) in [6.07, 6.45) is 0.748. The van der Waals surface area contributed by atoms with Crippen LogP contribution < -0.4 is 11.3 Å². The highest BCUT2D eigenvalue weighted by Crippen LogP contribution is 2.29. The van der Waals surface area contributed by atoms with Crippen LogP contribution in [0.2, 0.25) is 5.02 Å². The lowest BCUT2D eigenvalue weighted by molar-refractivity contribution is 0.549. The summed E-state index contributed by atoms with van der Waals surface area (Å²) < 4.78 is 1.09. The van der Waals surface area contributed by atoms with Gasteiger partial charge >= 0.3 is 0 Å². The molecule has 100 valence electrons. The van der Waals surface area contributed by atoms with Crippen molar-refractivity contribution >= 4 is 27.5 Å². The Morgan fingerprint density at radius 3 is 2.63 bits per heavy atom. The molecule has 1 unspecified atom stereocenters. The van der Waals surface area contributed by atoms with E-state index in [1.165, 1.54) is 5.56 Å². The predicted octanol–water partition coefficient (Wildman–Crippen LogP) is 4.16. The van der Waals surface area contributed by atoms with Gasteiger partial charge in [0.2, 0.25) is 0 Å². The van der Waals surface area contributed by atoms with Crippen LogP contribution >= 0.6 is 27.5 Å². The maximum atomic E-state index is 6.20. The van der Waals surface area contributed by atoms with E-state index in [9.17, 15) is 0 Å². The molecule has 0 aliphatic heterocycles. The largest absolute Gasteiger partial charge is 0.271 e. The van der Waals surface area contributed by atoms with Gasteiger partial charge in [0.25, 0.3) is 0 Å². The molecule has 0 radical (unpaired) electrons. The average molecular weight is 340 g/mol. The fourth-order valence-electron chi connectivity index (χ4n) is 2.08. The normalized spacial score (nSPS) is 12.4. The number of hydrazine groups is 1. The second-order valence-corrected chi connectivity index (χ2v) is 5.69. The maximum Gasteiger partial charge on any atom is 0.0512 e. The van der Waals surface area contributed by atoms with Crippen molar-refractivity contribution in [2.45, 2.75) is 19.4 Å². The molecule has 0 heterocycles. The molecular weight excluding hydrogens is 324 g/mol. The SMILES string of the molecule is Cc1cccc(C(Cc2ccccc2Cl)NN)c1Br. The van der Waals surface area contributed by atoms with E-state index < -0.39 is 0 Å². The van der Waals surface area contributed by atoms with E-state index in [1.807, 2.05) is 30.3 Å². The van der Waals surface area contributed by atoms with Gasteiger partial charge in [0, 0.05) is 9.50 Å². The third kappa shape index (κ3) is 3.37. The summed E-state index contributed by atoms with van der Waals surface area (Å²) in [5, 5.41) is 0.770. The van der Waals surface area contributed by atoms with Crippen LogP contribution in [0.3, 0.4) is 0 Å². The Kier molecular flexibility index (Phi) is 4.99. The van der Waals surface area contributed by atoms with Crippen molar-refractivity contribution in [3.8, 4) is 0 Å². The highest BCUT2D eigenvalue weighted by atomic mass is 79.9. The van der Waals surface area contributed by atoms with E-state index in [0.717, 1.165) is 27.0 Å². The fourth-order valence-corrected chi connectivity index (χ4v) is 2.84. The summed E-state index contributed by atoms with van der Waals surface area (Å²) in [6, 6.07) is 14.0. The molecule has 19 heavy (non-hydrogen) atoms. The topological polar surface area (TPSA) is 38.0 Å². The van der Waals surface area contributed by atoms with Gasteiger partial charge in [0.15, 0.2) is 0 Å². The number of nitrogens with two attached hydrogens (primary N) is 1. The molecule has 4 heteroatoms. The van der Waals surface area contributed by atoms with E-state index in [2.05, 4.69) is 40.4 Å². The van der Waals surface area contributed by atoms with Crippen molar-refractivity contribution in [2.24, 2.45) is 5.84 Å². The summed E-state index contributed by atoms with van der Waals surface area (Å²) in [7, 11) is 0. The Bertz CT molecular complexity index is 572. The Labute approximate surface area is 127 Å². The monoisotopic (exact) mass is 338 g/mol. The zero-order valence-electron chi connectivity index (χ0n) is 10.7. The van der Waals surface area contributed by atoms with Gasteiger partial charge in [-0.1, -0.05) is 63.9 Å². The summed E-state index contributed by atoms with van der Waals surface area (Å²) in [4.78, 5) is 0. The van der Waals surface area contributed by atoms with E-state index in [4.69, 9.17) is 17.4 Å². The molecule has 0 spiro atoms. The van der Waals surface area contributed by atoms with Gasteiger partial charge in [-0.15, -0.1) is 0 Å². The average Bonchev–Trinajstić information content (AvgIpc) is 2.41. The van der Waals surface area contributed by atoms with Crippen LogP contribution in [-0.4, -0.2) is 0 Å². The van der Waals surface area contributed by atoms with E-state index >= 15 is 0 Å².